The minimum Gasteiger partial charge on any atom is -0.493 e. The normalized spacial score (nSPS) is 15.5. The lowest BCUT2D eigenvalue weighted by molar-refractivity contribution is 0.146. The Bertz CT molecular complexity index is 699. The van der Waals surface area contributed by atoms with Crippen LogP contribution in [-0.2, 0) is 11.3 Å². The van der Waals surface area contributed by atoms with Gasteiger partial charge in [0.2, 0.25) is 0 Å². The maximum Gasteiger partial charge on any atom is 0.161 e. The van der Waals surface area contributed by atoms with E-state index in [-0.39, 0.29) is 0 Å². The van der Waals surface area contributed by atoms with Crippen molar-refractivity contribution in [1.82, 2.24) is 0 Å². The Morgan fingerprint density at radius 2 is 1.64 bits per heavy atom. The molecule has 0 amide bonds. The zero-order chi connectivity index (χ0) is 15.5. The Labute approximate surface area is 131 Å². The molecule has 0 spiro atoms. The van der Waals surface area contributed by atoms with Crippen molar-refractivity contribution in [3.8, 4) is 11.5 Å². The molecule has 0 radical (unpaired) electrons. The van der Waals surface area contributed by atoms with Crippen LogP contribution in [0.25, 0.3) is 11.6 Å². The number of hydrogen-bond acceptors (Lipinski definition) is 3. The Morgan fingerprint density at radius 3 is 2.32 bits per heavy atom. The highest BCUT2D eigenvalue weighted by atomic mass is 16.5. The number of ether oxygens (including phenoxy) is 3. The molecule has 1 aliphatic heterocycles. The van der Waals surface area contributed by atoms with Crippen LogP contribution in [-0.4, -0.2) is 20.8 Å². The van der Waals surface area contributed by atoms with Gasteiger partial charge < -0.3 is 14.2 Å². The van der Waals surface area contributed by atoms with E-state index in [1.54, 1.807) is 14.2 Å². The van der Waals surface area contributed by atoms with Crippen LogP contribution < -0.4 is 9.47 Å². The second-order valence-electron chi connectivity index (χ2n) is 5.44. The molecule has 1 aliphatic rings. The Kier molecular flexibility index (Phi) is 4.16. The van der Waals surface area contributed by atoms with Gasteiger partial charge in [0.15, 0.2) is 11.5 Å². The summed E-state index contributed by atoms with van der Waals surface area (Å²) in [6.45, 7) is 3.30. The van der Waals surface area contributed by atoms with Gasteiger partial charge in [-0.15, -0.1) is 0 Å². The Hall–Kier alpha value is -2.26. The van der Waals surface area contributed by atoms with E-state index in [9.17, 15) is 0 Å². The van der Waals surface area contributed by atoms with Crippen LogP contribution in [0.3, 0.4) is 0 Å². The average Bonchev–Trinajstić information content (AvgIpc) is 2.56. The topological polar surface area (TPSA) is 27.7 Å². The van der Waals surface area contributed by atoms with Crippen LogP contribution in [0.1, 0.15) is 22.3 Å². The van der Waals surface area contributed by atoms with Gasteiger partial charge in [0.25, 0.3) is 0 Å². The van der Waals surface area contributed by atoms with Crippen LogP contribution in [0, 0.1) is 6.92 Å². The minimum absolute atomic E-state index is 0.598. The van der Waals surface area contributed by atoms with Gasteiger partial charge in [-0.2, -0.15) is 0 Å². The number of rotatable bonds is 3. The number of benzene rings is 2. The molecule has 0 saturated carbocycles. The lowest BCUT2D eigenvalue weighted by Gasteiger charge is -2.22. The maximum atomic E-state index is 5.71. The fraction of sp³-hybridized carbons (Fsp3) is 0.263. The summed E-state index contributed by atoms with van der Waals surface area (Å²) >= 11 is 0. The molecule has 0 fully saturated rings. The second-order valence-corrected chi connectivity index (χ2v) is 5.44. The SMILES string of the molecule is COc1cc2c(cc1OC)C(=Cc1ccc(C)cc1)COC2. The molecule has 2 aromatic carbocycles. The molecule has 0 unspecified atom stereocenters. The standard InChI is InChI=1S/C19H20O3/c1-13-4-6-14(7-5-13)8-15-11-22-12-16-9-18(20-2)19(21-3)10-17(15)16/h4-10H,11-12H2,1-3H3. The van der Waals surface area contributed by atoms with Gasteiger partial charge in [0.1, 0.15) is 0 Å². The van der Waals surface area contributed by atoms with Crippen LogP contribution in [0.15, 0.2) is 36.4 Å². The quantitative estimate of drug-likeness (QED) is 0.854. The number of methoxy groups -OCH3 is 2. The number of fused-ring (bicyclic) bond motifs is 1. The third-order valence-corrected chi connectivity index (χ3v) is 3.89. The van der Waals surface area contributed by atoms with Crippen LogP contribution >= 0.6 is 0 Å². The zero-order valence-electron chi connectivity index (χ0n) is 13.2. The lowest BCUT2D eigenvalue weighted by atomic mass is 9.95. The van der Waals surface area contributed by atoms with Gasteiger partial charge in [-0.1, -0.05) is 29.8 Å². The van der Waals surface area contributed by atoms with Gasteiger partial charge in [-0.3, -0.25) is 0 Å². The van der Waals surface area contributed by atoms with Crippen LogP contribution in [0.4, 0.5) is 0 Å². The molecule has 0 bridgehead atoms. The Morgan fingerprint density at radius 1 is 0.955 bits per heavy atom. The molecule has 3 heteroatoms. The van der Waals surface area contributed by atoms with Gasteiger partial charge in [-0.25, -0.2) is 0 Å². The molecule has 0 N–H and O–H groups in total. The third kappa shape index (κ3) is 2.85. The molecule has 1 heterocycles. The van der Waals surface area contributed by atoms with Crippen molar-refractivity contribution in [2.45, 2.75) is 13.5 Å². The van der Waals surface area contributed by atoms with Crippen molar-refractivity contribution in [1.29, 1.82) is 0 Å². The smallest absolute Gasteiger partial charge is 0.161 e. The largest absolute Gasteiger partial charge is 0.493 e. The monoisotopic (exact) mass is 296 g/mol. The second kappa shape index (κ2) is 6.24. The molecule has 3 rings (SSSR count). The van der Waals surface area contributed by atoms with E-state index in [2.05, 4.69) is 37.3 Å². The summed E-state index contributed by atoms with van der Waals surface area (Å²) < 4.78 is 16.5. The van der Waals surface area contributed by atoms with E-state index in [0.29, 0.717) is 13.2 Å². The average molecular weight is 296 g/mol. The molecule has 114 valence electrons. The third-order valence-electron chi connectivity index (χ3n) is 3.89. The summed E-state index contributed by atoms with van der Waals surface area (Å²) in [7, 11) is 3.31. The van der Waals surface area contributed by atoms with Crippen molar-refractivity contribution in [2.24, 2.45) is 0 Å². The first-order valence-electron chi connectivity index (χ1n) is 7.31. The summed E-state index contributed by atoms with van der Waals surface area (Å²) in [6, 6.07) is 12.5. The lowest BCUT2D eigenvalue weighted by Crippen LogP contribution is -2.10. The van der Waals surface area contributed by atoms with Crippen molar-refractivity contribution in [2.75, 3.05) is 20.8 Å². The molecular weight excluding hydrogens is 276 g/mol. The van der Waals surface area contributed by atoms with E-state index in [0.717, 1.165) is 22.6 Å². The fourth-order valence-electron chi connectivity index (χ4n) is 2.67. The summed E-state index contributed by atoms with van der Waals surface area (Å²) in [5.74, 6) is 1.49. The van der Waals surface area contributed by atoms with Gasteiger partial charge >= 0.3 is 0 Å². The minimum atomic E-state index is 0.598. The van der Waals surface area contributed by atoms with Crippen molar-refractivity contribution >= 4 is 11.6 Å². The van der Waals surface area contributed by atoms with Gasteiger partial charge in [-0.05, 0) is 47.4 Å². The molecule has 0 aromatic heterocycles. The fourth-order valence-corrected chi connectivity index (χ4v) is 2.67. The van der Waals surface area contributed by atoms with E-state index in [4.69, 9.17) is 14.2 Å². The maximum absolute atomic E-state index is 5.71. The predicted octanol–water partition coefficient (Wildman–Crippen LogP) is 4.08. The highest BCUT2D eigenvalue weighted by Crippen LogP contribution is 2.36. The van der Waals surface area contributed by atoms with E-state index >= 15 is 0 Å². The first-order chi connectivity index (χ1) is 10.7. The summed E-state index contributed by atoms with van der Waals surface area (Å²) in [5, 5.41) is 0. The summed E-state index contributed by atoms with van der Waals surface area (Å²) in [4.78, 5) is 0. The van der Waals surface area contributed by atoms with E-state index in [1.807, 2.05) is 12.1 Å². The van der Waals surface area contributed by atoms with Crippen molar-refractivity contribution < 1.29 is 14.2 Å². The molecule has 0 aliphatic carbocycles. The number of aryl methyl sites for hydroxylation is 1. The van der Waals surface area contributed by atoms with E-state index < -0.39 is 0 Å². The molecule has 0 saturated heterocycles. The zero-order valence-corrected chi connectivity index (χ0v) is 13.2. The van der Waals surface area contributed by atoms with Crippen LogP contribution in [0.2, 0.25) is 0 Å². The highest BCUT2D eigenvalue weighted by molar-refractivity contribution is 5.85. The van der Waals surface area contributed by atoms with Crippen molar-refractivity contribution in [3.05, 3.63) is 58.7 Å². The highest BCUT2D eigenvalue weighted by Gasteiger charge is 2.18. The van der Waals surface area contributed by atoms with Crippen LogP contribution in [0.5, 0.6) is 11.5 Å². The molecule has 22 heavy (non-hydrogen) atoms. The van der Waals surface area contributed by atoms with Crippen molar-refractivity contribution in [3.63, 3.8) is 0 Å². The number of hydrogen-bond donors (Lipinski definition) is 0. The predicted molar refractivity (Wildman–Crippen MR) is 88.3 cm³/mol. The molecular formula is C19H20O3. The molecule has 3 nitrogen and oxygen atoms in total. The summed E-state index contributed by atoms with van der Waals surface area (Å²) in [5.41, 5.74) is 5.89. The first kappa shape index (κ1) is 14.7. The van der Waals surface area contributed by atoms with E-state index in [1.165, 1.54) is 16.7 Å². The molecule has 0 atom stereocenters. The summed E-state index contributed by atoms with van der Waals surface area (Å²) in [6.07, 6.45) is 2.17. The Balaban J connectivity index is 2.05. The first-order valence-corrected chi connectivity index (χ1v) is 7.31. The van der Waals surface area contributed by atoms with Gasteiger partial charge in [0.05, 0.1) is 27.4 Å². The van der Waals surface area contributed by atoms with Gasteiger partial charge in [0, 0.05) is 0 Å². The molecule has 2 aromatic rings.